The van der Waals surface area contributed by atoms with Crippen LogP contribution in [0.4, 0.5) is 4.79 Å². The predicted molar refractivity (Wildman–Crippen MR) is 82.3 cm³/mol. The zero-order valence-electron chi connectivity index (χ0n) is 13.7. The quantitative estimate of drug-likeness (QED) is 0.746. The van der Waals surface area contributed by atoms with Gasteiger partial charge in [0.05, 0.1) is 5.41 Å². The molecule has 0 bridgehead atoms. The number of hydrogen-bond donors (Lipinski definition) is 2. The maximum atomic E-state index is 12.1. The molecule has 1 heterocycles. The average Bonchev–Trinajstić information content (AvgIpc) is 2.90. The first-order valence-corrected chi connectivity index (χ1v) is 7.85. The van der Waals surface area contributed by atoms with Gasteiger partial charge in [0.1, 0.15) is 0 Å². The number of carbonyl (C=O) groups is 2. The van der Waals surface area contributed by atoms with Gasteiger partial charge in [-0.1, -0.05) is 27.7 Å². The van der Waals surface area contributed by atoms with Crippen LogP contribution in [0.1, 0.15) is 34.1 Å². The molecule has 1 aliphatic rings. The lowest BCUT2D eigenvalue weighted by molar-refractivity contribution is -0.150. The number of urea groups is 1. The van der Waals surface area contributed by atoms with Crippen LogP contribution >= 0.6 is 0 Å². The van der Waals surface area contributed by atoms with Crippen LogP contribution in [0, 0.1) is 11.3 Å². The summed E-state index contributed by atoms with van der Waals surface area (Å²) < 4.78 is 0. The highest BCUT2D eigenvalue weighted by Gasteiger charge is 2.48. The minimum Gasteiger partial charge on any atom is -0.481 e. The summed E-state index contributed by atoms with van der Waals surface area (Å²) in [5.74, 6) is -0.778. The first-order chi connectivity index (χ1) is 9.87. The third-order valence-corrected chi connectivity index (χ3v) is 4.72. The average molecular weight is 299 g/mol. The van der Waals surface area contributed by atoms with E-state index in [2.05, 4.69) is 24.1 Å². The second-order valence-corrected chi connectivity index (χ2v) is 6.05. The largest absolute Gasteiger partial charge is 0.481 e. The van der Waals surface area contributed by atoms with E-state index in [1.807, 2.05) is 13.8 Å². The molecular weight excluding hydrogens is 270 g/mol. The number of likely N-dealkylation sites (N-methyl/N-ethyl adjacent to an activating group) is 1. The van der Waals surface area contributed by atoms with Crippen LogP contribution in [-0.2, 0) is 4.79 Å². The summed E-state index contributed by atoms with van der Waals surface area (Å²) in [6, 6.07) is -0.147. The number of carboxylic acid groups (broad SMARTS) is 1. The summed E-state index contributed by atoms with van der Waals surface area (Å²) >= 11 is 0. The van der Waals surface area contributed by atoms with Gasteiger partial charge in [0, 0.05) is 26.2 Å². The van der Waals surface area contributed by atoms with Gasteiger partial charge in [0.25, 0.3) is 0 Å². The van der Waals surface area contributed by atoms with Crippen LogP contribution in [-0.4, -0.2) is 66.2 Å². The fraction of sp³-hybridized carbons (Fsp3) is 0.867. The molecule has 1 atom stereocenters. The number of rotatable bonds is 7. The third-order valence-electron chi connectivity index (χ3n) is 4.72. The summed E-state index contributed by atoms with van der Waals surface area (Å²) in [7, 11) is 0. The second-order valence-electron chi connectivity index (χ2n) is 6.05. The molecule has 1 unspecified atom stereocenters. The molecular formula is C15H29N3O3. The highest BCUT2D eigenvalue weighted by atomic mass is 16.4. The first kappa shape index (κ1) is 17.8. The van der Waals surface area contributed by atoms with Crippen molar-refractivity contribution in [2.24, 2.45) is 11.3 Å². The number of amides is 2. The Morgan fingerprint density at radius 3 is 2.38 bits per heavy atom. The Balaban J connectivity index is 2.49. The number of carboxylic acids is 1. The Morgan fingerprint density at radius 1 is 1.33 bits per heavy atom. The fourth-order valence-corrected chi connectivity index (χ4v) is 2.87. The molecule has 21 heavy (non-hydrogen) atoms. The molecule has 1 rings (SSSR count). The van der Waals surface area contributed by atoms with Crippen molar-refractivity contribution in [3.05, 3.63) is 0 Å². The van der Waals surface area contributed by atoms with E-state index in [9.17, 15) is 14.7 Å². The summed E-state index contributed by atoms with van der Waals surface area (Å²) in [5, 5.41) is 12.4. The van der Waals surface area contributed by atoms with Crippen LogP contribution in [0.25, 0.3) is 0 Å². The lowest BCUT2D eigenvalue weighted by Crippen LogP contribution is -2.45. The Labute approximate surface area is 127 Å². The molecule has 0 aliphatic carbocycles. The van der Waals surface area contributed by atoms with Crippen molar-refractivity contribution in [3.8, 4) is 0 Å². The van der Waals surface area contributed by atoms with E-state index in [4.69, 9.17) is 0 Å². The van der Waals surface area contributed by atoms with Gasteiger partial charge in [-0.25, -0.2) is 4.79 Å². The van der Waals surface area contributed by atoms with Gasteiger partial charge >= 0.3 is 12.0 Å². The van der Waals surface area contributed by atoms with Crippen molar-refractivity contribution in [2.75, 3.05) is 39.3 Å². The van der Waals surface area contributed by atoms with Crippen LogP contribution in [0.15, 0.2) is 0 Å². The topological polar surface area (TPSA) is 72.9 Å². The SMILES string of the molecule is CCN(CC)CCNC(=O)N1CCC(C(=O)O)(C(C)C)C1. The van der Waals surface area contributed by atoms with E-state index in [1.54, 1.807) is 4.90 Å². The van der Waals surface area contributed by atoms with Crippen LogP contribution in [0.3, 0.4) is 0 Å². The molecule has 6 heteroatoms. The third kappa shape index (κ3) is 4.09. The normalized spacial score (nSPS) is 22.1. The van der Waals surface area contributed by atoms with E-state index >= 15 is 0 Å². The Kier molecular flexibility index (Phi) is 6.45. The van der Waals surface area contributed by atoms with Gasteiger partial charge in [0.15, 0.2) is 0 Å². The number of carbonyl (C=O) groups excluding carboxylic acids is 1. The van der Waals surface area contributed by atoms with Crippen LogP contribution < -0.4 is 5.32 Å². The van der Waals surface area contributed by atoms with Gasteiger partial charge < -0.3 is 20.2 Å². The molecule has 0 aromatic rings. The Hall–Kier alpha value is -1.30. The molecule has 0 aromatic carbocycles. The molecule has 0 saturated carbocycles. The van der Waals surface area contributed by atoms with Crippen molar-refractivity contribution in [1.29, 1.82) is 0 Å². The van der Waals surface area contributed by atoms with Gasteiger partial charge in [-0.3, -0.25) is 4.79 Å². The first-order valence-electron chi connectivity index (χ1n) is 7.85. The van der Waals surface area contributed by atoms with E-state index in [-0.39, 0.29) is 11.9 Å². The summed E-state index contributed by atoms with van der Waals surface area (Å²) in [6.07, 6.45) is 0.531. The van der Waals surface area contributed by atoms with Crippen molar-refractivity contribution >= 4 is 12.0 Å². The van der Waals surface area contributed by atoms with E-state index in [0.29, 0.717) is 26.1 Å². The van der Waals surface area contributed by atoms with Crippen molar-refractivity contribution in [3.63, 3.8) is 0 Å². The van der Waals surface area contributed by atoms with Crippen molar-refractivity contribution in [2.45, 2.75) is 34.1 Å². The summed E-state index contributed by atoms with van der Waals surface area (Å²) in [4.78, 5) is 27.6. The highest BCUT2D eigenvalue weighted by Crippen LogP contribution is 2.38. The summed E-state index contributed by atoms with van der Waals surface area (Å²) in [5.41, 5.74) is -0.795. The minimum atomic E-state index is -0.795. The number of likely N-dealkylation sites (tertiary alicyclic amines) is 1. The number of aliphatic carboxylic acids is 1. The van der Waals surface area contributed by atoms with E-state index in [1.165, 1.54) is 0 Å². The van der Waals surface area contributed by atoms with Crippen LogP contribution in [0.5, 0.6) is 0 Å². The monoisotopic (exact) mass is 299 g/mol. The molecule has 1 fully saturated rings. The van der Waals surface area contributed by atoms with Gasteiger partial charge in [-0.15, -0.1) is 0 Å². The minimum absolute atomic E-state index is 0.0171. The smallest absolute Gasteiger partial charge is 0.317 e. The zero-order valence-corrected chi connectivity index (χ0v) is 13.7. The molecule has 122 valence electrons. The van der Waals surface area contributed by atoms with E-state index in [0.717, 1.165) is 19.6 Å². The zero-order chi connectivity index (χ0) is 16.0. The van der Waals surface area contributed by atoms with Gasteiger partial charge in [-0.2, -0.15) is 0 Å². The van der Waals surface area contributed by atoms with E-state index < -0.39 is 11.4 Å². The molecule has 0 radical (unpaired) electrons. The number of nitrogens with zero attached hydrogens (tertiary/aromatic N) is 2. The maximum Gasteiger partial charge on any atom is 0.317 e. The highest BCUT2D eigenvalue weighted by molar-refractivity contribution is 5.80. The van der Waals surface area contributed by atoms with Crippen molar-refractivity contribution < 1.29 is 14.7 Å². The number of nitrogens with one attached hydrogen (secondary N) is 1. The molecule has 2 amide bonds. The lowest BCUT2D eigenvalue weighted by Gasteiger charge is -2.28. The lowest BCUT2D eigenvalue weighted by atomic mass is 9.76. The molecule has 1 aliphatic heterocycles. The summed E-state index contributed by atoms with van der Waals surface area (Å²) in [6.45, 7) is 12.2. The predicted octanol–water partition coefficient (Wildman–Crippen LogP) is 1.47. The molecule has 0 aromatic heterocycles. The Morgan fingerprint density at radius 2 is 1.95 bits per heavy atom. The van der Waals surface area contributed by atoms with Gasteiger partial charge in [0.2, 0.25) is 0 Å². The standard InChI is InChI=1S/C15H29N3O3/c1-5-17(6-2)10-8-16-14(21)18-9-7-15(11-18,12(3)4)13(19)20/h12H,5-11H2,1-4H3,(H,16,21)(H,19,20). The second kappa shape index (κ2) is 7.64. The maximum absolute atomic E-state index is 12.1. The molecule has 1 saturated heterocycles. The van der Waals surface area contributed by atoms with Crippen molar-refractivity contribution in [1.82, 2.24) is 15.1 Å². The van der Waals surface area contributed by atoms with Gasteiger partial charge in [-0.05, 0) is 25.4 Å². The molecule has 2 N–H and O–H groups in total. The van der Waals surface area contributed by atoms with Crippen LogP contribution in [0.2, 0.25) is 0 Å². The molecule has 6 nitrogen and oxygen atoms in total. The Bertz CT molecular complexity index is 369. The fourth-order valence-electron chi connectivity index (χ4n) is 2.87. The molecule has 0 spiro atoms. The number of hydrogen-bond acceptors (Lipinski definition) is 3.